The van der Waals surface area contributed by atoms with E-state index < -0.39 is 12.1 Å². The molecule has 3 heteroatoms. The fourth-order valence-electron chi connectivity index (χ4n) is 1.69. The molecule has 126 valence electrons. The number of carboxylic acid groups (broad SMARTS) is 1. The Hall–Kier alpha value is -2.05. The number of hydrogen-bond acceptors (Lipinski definition) is 2. The van der Waals surface area contributed by atoms with Crippen molar-refractivity contribution in [2.45, 2.75) is 58.0 Å². The maximum absolute atomic E-state index is 10.3. The lowest BCUT2D eigenvalue weighted by molar-refractivity contribution is -0.137. The van der Waals surface area contributed by atoms with Crippen LogP contribution in [0.4, 0.5) is 0 Å². The summed E-state index contributed by atoms with van der Waals surface area (Å²) in [5.41, 5.74) is 0. The van der Waals surface area contributed by atoms with E-state index in [0.29, 0.717) is 12.8 Å². The van der Waals surface area contributed by atoms with E-state index in [2.05, 4.69) is 36.1 Å². The lowest BCUT2D eigenvalue weighted by atomic mass is 10.1. The van der Waals surface area contributed by atoms with Crippen LogP contribution >= 0.6 is 0 Å². The highest BCUT2D eigenvalue weighted by atomic mass is 16.4. The van der Waals surface area contributed by atoms with Crippen molar-refractivity contribution < 1.29 is 15.0 Å². The summed E-state index contributed by atoms with van der Waals surface area (Å²) in [5.74, 6) is 5.26. The number of hydrogen-bond donors (Lipinski definition) is 2. The number of aliphatic carboxylic acids is 1. The van der Waals surface area contributed by atoms with Gasteiger partial charge in [0.15, 0.2) is 0 Å². The van der Waals surface area contributed by atoms with Crippen LogP contribution in [0.15, 0.2) is 48.6 Å². The van der Waals surface area contributed by atoms with Gasteiger partial charge in [-0.05, 0) is 25.7 Å². The molecular weight excluding hydrogens is 288 g/mol. The Bertz CT molecular complexity index is 473. The Morgan fingerprint density at radius 2 is 1.74 bits per heavy atom. The summed E-state index contributed by atoms with van der Waals surface area (Å²) in [4.78, 5) is 10.3. The van der Waals surface area contributed by atoms with E-state index in [1.165, 1.54) is 0 Å². The van der Waals surface area contributed by atoms with Gasteiger partial charge in [0.25, 0.3) is 0 Å². The van der Waals surface area contributed by atoms with Crippen LogP contribution in [0.1, 0.15) is 51.9 Å². The van der Waals surface area contributed by atoms with Crippen molar-refractivity contribution in [3.8, 4) is 11.8 Å². The van der Waals surface area contributed by atoms with Gasteiger partial charge in [0, 0.05) is 19.3 Å². The minimum Gasteiger partial charge on any atom is -0.481 e. The molecule has 0 saturated carbocycles. The third-order valence-corrected chi connectivity index (χ3v) is 2.87. The van der Waals surface area contributed by atoms with Crippen molar-refractivity contribution in [2.24, 2.45) is 0 Å². The highest BCUT2D eigenvalue weighted by molar-refractivity contribution is 5.66. The van der Waals surface area contributed by atoms with E-state index in [-0.39, 0.29) is 6.42 Å². The summed E-state index contributed by atoms with van der Waals surface area (Å²) in [6.45, 7) is 2.04. The molecule has 0 amide bonds. The molecule has 1 atom stereocenters. The van der Waals surface area contributed by atoms with Crippen molar-refractivity contribution >= 4 is 5.97 Å². The topological polar surface area (TPSA) is 57.5 Å². The largest absolute Gasteiger partial charge is 0.481 e. The highest BCUT2D eigenvalue weighted by Crippen LogP contribution is 2.02. The van der Waals surface area contributed by atoms with Gasteiger partial charge in [0.1, 0.15) is 0 Å². The first-order chi connectivity index (χ1) is 11.2. The quantitative estimate of drug-likeness (QED) is 0.337. The first kappa shape index (κ1) is 20.9. The maximum atomic E-state index is 10.3. The van der Waals surface area contributed by atoms with E-state index in [9.17, 15) is 9.90 Å². The van der Waals surface area contributed by atoms with Gasteiger partial charge in [-0.1, -0.05) is 61.5 Å². The predicted octanol–water partition coefficient (Wildman–Crippen LogP) is 4.41. The van der Waals surface area contributed by atoms with Crippen LogP contribution in [0.3, 0.4) is 0 Å². The molecule has 0 radical (unpaired) electrons. The molecule has 0 aromatic rings. The van der Waals surface area contributed by atoms with Gasteiger partial charge in [0.05, 0.1) is 6.10 Å². The van der Waals surface area contributed by atoms with E-state index in [1.807, 2.05) is 19.1 Å². The van der Waals surface area contributed by atoms with Crippen LogP contribution in [-0.4, -0.2) is 22.3 Å². The first-order valence-corrected chi connectivity index (χ1v) is 8.15. The second-order valence-corrected chi connectivity index (χ2v) is 4.99. The van der Waals surface area contributed by atoms with Gasteiger partial charge < -0.3 is 10.2 Å². The third kappa shape index (κ3) is 17.9. The molecule has 0 aromatic carbocycles. The van der Waals surface area contributed by atoms with Crippen molar-refractivity contribution in [3.05, 3.63) is 48.6 Å². The molecule has 2 N–H and O–H groups in total. The zero-order valence-electron chi connectivity index (χ0n) is 13.9. The Labute approximate surface area is 140 Å². The number of aliphatic hydroxyl groups excluding tert-OH is 1. The minimum absolute atomic E-state index is 0.102. The zero-order chi connectivity index (χ0) is 17.2. The standard InChI is InChI=1S/C20H28O3/c1-2-3-4-5-6-7-8-9-10-11-12-13-14-16-19(21)17-15-18-20(22)23/h6-7,9-10,12-14,16,19,21H,2,5,8,11,15,17-18H2,1H3,(H,22,23)/b7-6-,10-9-,13-12-,16-14+/t19-/m1/s1. The van der Waals surface area contributed by atoms with Crippen molar-refractivity contribution in [2.75, 3.05) is 0 Å². The molecule has 0 bridgehead atoms. The van der Waals surface area contributed by atoms with Gasteiger partial charge in [-0.15, -0.1) is 5.92 Å². The summed E-state index contributed by atoms with van der Waals surface area (Å²) in [6.07, 6.45) is 19.8. The first-order valence-electron chi connectivity index (χ1n) is 8.15. The lowest BCUT2D eigenvalue weighted by Crippen LogP contribution is -2.03. The summed E-state index contributed by atoms with van der Waals surface area (Å²) in [6, 6.07) is 0. The lowest BCUT2D eigenvalue weighted by Gasteiger charge is -2.02. The van der Waals surface area contributed by atoms with Crippen LogP contribution in [0, 0.1) is 11.8 Å². The van der Waals surface area contributed by atoms with Gasteiger partial charge in [-0.3, -0.25) is 4.79 Å². The van der Waals surface area contributed by atoms with Crippen LogP contribution in [0.5, 0.6) is 0 Å². The maximum Gasteiger partial charge on any atom is 0.303 e. The molecule has 0 fully saturated rings. The summed E-state index contributed by atoms with van der Waals surface area (Å²) < 4.78 is 0. The zero-order valence-corrected chi connectivity index (χ0v) is 13.9. The van der Waals surface area contributed by atoms with Crippen LogP contribution in [-0.2, 0) is 4.79 Å². The van der Waals surface area contributed by atoms with Crippen molar-refractivity contribution in [3.63, 3.8) is 0 Å². The Kier molecular flexibility index (Phi) is 14.9. The third-order valence-electron chi connectivity index (χ3n) is 2.87. The average Bonchev–Trinajstić information content (AvgIpc) is 2.51. The van der Waals surface area contributed by atoms with Gasteiger partial charge >= 0.3 is 5.97 Å². The second kappa shape index (κ2) is 16.3. The highest BCUT2D eigenvalue weighted by Gasteiger charge is 2.01. The molecule has 0 spiro atoms. The van der Waals surface area contributed by atoms with Crippen molar-refractivity contribution in [1.29, 1.82) is 0 Å². The summed E-state index contributed by atoms with van der Waals surface area (Å²) in [5, 5.41) is 18.1. The second-order valence-electron chi connectivity index (χ2n) is 4.99. The molecule has 0 aliphatic rings. The number of carbonyl (C=O) groups is 1. The predicted molar refractivity (Wildman–Crippen MR) is 96.0 cm³/mol. The molecular formula is C20H28O3. The Morgan fingerprint density at radius 1 is 1.04 bits per heavy atom. The average molecular weight is 316 g/mol. The van der Waals surface area contributed by atoms with Crippen LogP contribution in [0.2, 0.25) is 0 Å². The smallest absolute Gasteiger partial charge is 0.303 e. The van der Waals surface area contributed by atoms with Crippen LogP contribution < -0.4 is 0 Å². The van der Waals surface area contributed by atoms with E-state index >= 15 is 0 Å². The molecule has 0 saturated heterocycles. The molecule has 0 aromatic heterocycles. The van der Waals surface area contributed by atoms with Crippen LogP contribution in [0.25, 0.3) is 0 Å². The molecule has 0 rings (SSSR count). The minimum atomic E-state index is -0.823. The number of allylic oxidation sites excluding steroid dienone is 7. The van der Waals surface area contributed by atoms with E-state index in [1.54, 1.807) is 12.2 Å². The van der Waals surface area contributed by atoms with Gasteiger partial charge in [-0.2, -0.15) is 0 Å². The molecule has 0 unspecified atom stereocenters. The molecule has 0 aliphatic carbocycles. The Balaban J connectivity index is 3.67. The monoisotopic (exact) mass is 316 g/mol. The van der Waals surface area contributed by atoms with Crippen molar-refractivity contribution in [1.82, 2.24) is 0 Å². The molecule has 3 nitrogen and oxygen atoms in total. The Morgan fingerprint density at radius 3 is 2.43 bits per heavy atom. The van der Waals surface area contributed by atoms with Gasteiger partial charge in [0.2, 0.25) is 0 Å². The fraction of sp³-hybridized carbons (Fsp3) is 0.450. The summed E-state index contributed by atoms with van der Waals surface area (Å²) >= 11 is 0. The van der Waals surface area contributed by atoms with E-state index in [4.69, 9.17) is 5.11 Å². The van der Waals surface area contributed by atoms with E-state index in [0.717, 1.165) is 25.7 Å². The number of aliphatic hydroxyl groups is 1. The summed E-state index contributed by atoms with van der Waals surface area (Å²) in [7, 11) is 0. The molecule has 23 heavy (non-hydrogen) atoms. The normalized spacial score (nSPS) is 13.1. The number of carboxylic acids is 1. The SMILES string of the molecule is CCC#CC/C=C\C/C=C\C/C=C\C=C\[C@@H](O)CCCC(=O)O. The van der Waals surface area contributed by atoms with Gasteiger partial charge in [-0.25, -0.2) is 0 Å². The fourth-order valence-corrected chi connectivity index (χ4v) is 1.69. The number of rotatable bonds is 11. The molecule has 0 aliphatic heterocycles. The molecule has 0 heterocycles.